The van der Waals surface area contributed by atoms with Gasteiger partial charge in [0.1, 0.15) is 5.54 Å². The number of benzene rings is 1. The molecule has 3 nitrogen and oxygen atoms in total. The summed E-state index contributed by atoms with van der Waals surface area (Å²) in [7, 11) is 0. The van der Waals surface area contributed by atoms with Gasteiger partial charge in [-0.25, -0.2) is 0 Å². The van der Waals surface area contributed by atoms with Crippen LogP contribution in [0.1, 0.15) is 32.3 Å². The van der Waals surface area contributed by atoms with Crippen molar-refractivity contribution in [3.8, 4) is 0 Å². The highest BCUT2D eigenvalue weighted by Gasteiger charge is 2.33. The van der Waals surface area contributed by atoms with Gasteiger partial charge in [-0.1, -0.05) is 31.5 Å². The molecule has 0 saturated heterocycles. The van der Waals surface area contributed by atoms with Gasteiger partial charge in [-0.2, -0.15) is 0 Å². The lowest BCUT2D eigenvalue weighted by Gasteiger charge is -2.28. The number of rotatable bonds is 8. The predicted molar refractivity (Wildman–Crippen MR) is 80.9 cm³/mol. The van der Waals surface area contributed by atoms with E-state index in [1.54, 1.807) is 11.8 Å². The first kappa shape index (κ1) is 16.1. The summed E-state index contributed by atoms with van der Waals surface area (Å²) in [6.45, 7) is 6.60. The zero-order chi connectivity index (χ0) is 14.3. The van der Waals surface area contributed by atoms with E-state index in [9.17, 15) is 9.90 Å². The summed E-state index contributed by atoms with van der Waals surface area (Å²) in [5.41, 5.74) is 0.484. The van der Waals surface area contributed by atoms with E-state index in [4.69, 9.17) is 0 Å². The lowest BCUT2D eigenvalue weighted by Crippen LogP contribution is -2.51. The van der Waals surface area contributed by atoms with Crippen LogP contribution in [0.15, 0.2) is 29.2 Å². The summed E-state index contributed by atoms with van der Waals surface area (Å²) in [5.74, 6) is 0.121. The predicted octanol–water partition coefficient (Wildman–Crippen LogP) is 3.32. The van der Waals surface area contributed by atoms with Gasteiger partial charge < -0.3 is 10.4 Å². The van der Waals surface area contributed by atoms with Gasteiger partial charge in [0.25, 0.3) is 0 Å². The van der Waals surface area contributed by atoms with Gasteiger partial charge in [0.15, 0.2) is 0 Å². The summed E-state index contributed by atoms with van der Waals surface area (Å²) < 4.78 is 0. The Morgan fingerprint density at radius 1 is 1.26 bits per heavy atom. The zero-order valence-corrected chi connectivity index (χ0v) is 12.7. The van der Waals surface area contributed by atoms with Crippen LogP contribution in [0.5, 0.6) is 0 Å². The van der Waals surface area contributed by atoms with Crippen molar-refractivity contribution in [3.63, 3.8) is 0 Å². The molecular formula is C15H23NO2S. The van der Waals surface area contributed by atoms with Crippen molar-refractivity contribution >= 4 is 17.7 Å². The Balaban J connectivity index is 2.41. The molecule has 0 amide bonds. The average Bonchev–Trinajstić information content (AvgIpc) is 2.41. The van der Waals surface area contributed by atoms with Crippen molar-refractivity contribution in [3.05, 3.63) is 29.8 Å². The third-order valence-corrected chi connectivity index (χ3v) is 4.49. The molecule has 0 aliphatic rings. The fourth-order valence-electron chi connectivity index (χ4n) is 1.97. The van der Waals surface area contributed by atoms with Crippen LogP contribution < -0.4 is 5.32 Å². The van der Waals surface area contributed by atoms with E-state index < -0.39 is 11.5 Å². The van der Waals surface area contributed by atoms with Gasteiger partial charge in [-0.15, -0.1) is 11.8 Å². The van der Waals surface area contributed by atoms with Gasteiger partial charge in [-0.3, -0.25) is 4.79 Å². The number of hydrogen-bond donors (Lipinski definition) is 2. The van der Waals surface area contributed by atoms with E-state index in [0.717, 1.165) is 5.75 Å². The topological polar surface area (TPSA) is 49.3 Å². The number of aryl methyl sites for hydroxylation is 1. The van der Waals surface area contributed by atoms with Crippen molar-refractivity contribution in [1.29, 1.82) is 0 Å². The highest BCUT2D eigenvalue weighted by Crippen LogP contribution is 2.19. The molecule has 0 heterocycles. The fraction of sp³-hybridized carbons (Fsp3) is 0.533. The monoisotopic (exact) mass is 281 g/mol. The third kappa shape index (κ3) is 4.55. The first-order chi connectivity index (χ1) is 9.04. The molecule has 0 unspecified atom stereocenters. The molecular weight excluding hydrogens is 258 g/mol. The number of carbonyl (C=O) groups is 1. The van der Waals surface area contributed by atoms with Crippen molar-refractivity contribution in [1.82, 2.24) is 5.32 Å². The van der Waals surface area contributed by atoms with E-state index >= 15 is 0 Å². The maximum absolute atomic E-state index is 11.3. The molecule has 1 aromatic rings. The summed E-state index contributed by atoms with van der Waals surface area (Å²) in [5, 5.41) is 12.5. The normalized spacial score (nSPS) is 11.5. The largest absolute Gasteiger partial charge is 0.480 e. The van der Waals surface area contributed by atoms with Gasteiger partial charge in [0.05, 0.1) is 0 Å². The number of carboxylic acid groups (broad SMARTS) is 1. The molecule has 2 N–H and O–H groups in total. The van der Waals surface area contributed by atoms with E-state index in [0.29, 0.717) is 19.4 Å². The maximum Gasteiger partial charge on any atom is 0.323 e. The van der Waals surface area contributed by atoms with E-state index in [1.165, 1.54) is 10.5 Å². The number of hydrogen-bond acceptors (Lipinski definition) is 3. The molecule has 4 heteroatoms. The molecule has 0 fully saturated rings. The molecule has 0 spiro atoms. The Morgan fingerprint density at radius 2 is 1.84 bits per heavy atom. The van der Waals surface area contributed by atoms with Crippen molar-refractivity contribution in [2.24, 2.45) is 0 Å². The SMILES string of the molecule is CCC(CC)(NCCSc1ccc(C)cc1)C(=O)O. The Bertz CT molecular complexity index is 399. The van der Waals surface area contributed by atoms with Gasteiger partial charge in [-0.05, 0) is 31.9 Å². The molecule has 0 aromatic heterocycles. The standard InChI is InChI=1S/C15H23NO2S/c1-4-15(5-2,14(17)18)16-10-11-19-13-8-6-12(3)7-9-13/h6-9,16H,4-5,10-11H2,1-3H3,(H,17,18). The highest BCUT2D eigenvalue weighted by atomic mass is 32.2. The minimum absolute atomic E-state index is 0.605. The van der Waals surface area contributed by atoms with Crippen LogP contribution in [0.4, 0.5) is 0 Å². The van der Waals surface area contributed by atoms with Crippen LogP contribution in [0.25, 0.3) is 0 Å². The lowest BCUT2D eigenvalue weighted by molar-refractivity contribution is -0.145. The minimum atomic E-state index is -0.770. The first-order valence-electron chi connectivity index (χ1n) is 6.72. The Kier molecular flexibility index (Phi) is 6.38. The third-order valence-electron chi connectivity index (χ3n) is 3.47. The average molecular weight is 281 g/mol. The summed E-state index contributed by atoms with van der Waals surface area (Å²) in [6, 6.07) is 8.39. The van der Waals surface area contributed by atoms with Crippen LogP contribution in [0.3, 0.4) is 0 Å². The summed E-state index contributed by atoms with van der Waals surface area (Å²) in [4.78, 5) is 12.5. The second kappa shape index (κ2) is 7.56. The van der Waals surface area contributed by atoms with Crippen LogP contribution in [-0.2, 0) is 4.79 Å². The summed E-state index contributed by atoms with van der Waals surface area (Å²) >= 11 is 1.75. The van der Waals surface area contributed by atoms with Crippen molar-refractivity contribution in [2.75, 3.05) is 12.3 Å². The number of thioether (sulfide) groups is 1. The Labute approximate surface area is 119 Å². The van der Waals surface area contributed by atoms with Crippen molar-refractivity contribution < 1.29 is 9.90 Å². The molecule has 1 rings (SSSR count). The Hall–Kier alpha value is -1.00. The van der Waals surface area contributed by atoms with E-state index in [1.807, 2.05) is 13.8 Å². The molecule has 0 bridgehead atoms. The maximum atomic E-state index is 11.3. The number of carboxylic acids is 1. The molecule has 1 aromatic carbocycles. The molecule has 0 aliphatic heterocycles. The van der Waals surface area contributed by atoms with Gasteiger partial charge >= 0.3 is 5.97 Å². The minimum Gasteiger partial charge on any atom is -0.480 e. The first-order valence-corrected chi connectivity index (χ1v) is 7.70. The number of nitrogens with one attached hydrogen (secondary N) is 1. The van der Waals surface area contributed by atoms with Crippen LogP contribution in [-0.4, -0.2) is 28.9 Å². The lowest BCUT2D eigenvalue weighted by atomic mass is 9.93. The van der Waals surface area contributed by atoms with E-state index in [-0.39, 0.29) is 0 Å². The molecule has 0 aliphatic carbocycles. The molecule has 106 valence electrons. The molecule has 0 radical (unpaired) electrons. The number of aliphatic carboxylic acids is 1. The van der Waals surface area contributed by atoms with Crippen LogP contribution in [0.2, 0.25) is 0 Å². The second-order valence-corrected chi connectivity index (χ2v) is 5.85. The molecule has 0 atom stereocenters. The second-order valence-electron chi connectivity index (χ2n) is 4.68. The fourth-order valence-corrected chi connectivity index (χ4v) is 2.74. The van der Waals surface area contributed by atoms with Crippen molar-refractivity contribution in [2.45, 2.75) is 44.0 Å². The van der Waals surface area contributed by atoms with Crippen LogP contribution >= 0.6 is 11.8 Å². The zero-order valence-electron chi connectivity index (χ0n) is 11.9. The highest BCUT2D eigenvalue weighted by molar-refractivity contribution is 7.99. The quantitative estimate of drug-likeness (QED) is 0.567. The van der Waals surface area contributed by atoms with Crippen LogP contribution in [0, 0.1) is 6.92 Å². The Morgan fingerprint density at radius 3 is 2.32 bits per heavy atom. The summed E-state index contributed by atoms with van der Waals surface area (Å²) in [6.07, 6.45) is 1.21. The molecule has 0 saturated carbocycles. The van der Waals surface area contributed by atoms with Gasteiger partial charge in [0.2, 0.25) is 0 Å². The van der Waals surface area contributed by atoms with Gasteiger partial charge in [0, 0.05) is 17.2 Å². The van der Waals surface area contributed by atoms with E-state index in [2.05, 4.69) is 36.5 Å². The molecule has 19 heavy (non-hydrogen) atoms. The smallest absolute Gasteiger partial charge is 0.323 e.